The van der Waals surface area contributed by atoms with Crippen LogP contribution in [0, 0.1) is 0 Å². The average molecular weight is 357 g/mol. The van der Waals surface area contributed by atoms with Crippen LogP contribution < -0.4 is 11.1 Å². The van der Waals surface area contributed by atoms with Gasteiger partial charge in [0, 0.05) is 44.4 Å². The predicted octanol–water partition coefficient (Wildman–Crippen LogP) is 1.10. The van der Waals surface area contributed by atoms with Crippen LogP contribution in [0.4, 0.5) is 5.82 Å². The van der Waals surface area contributed by atoms with Gasteiger partial charge in [-0.3, -0.25) is 9.69 Å². The van der Waals surface area contributed by atoms with Gasteiger partial charge in [0.25, 0.3) is 0 Å². The SMILES string of the molecule is Cn1cnc([C@@H]2CN(CC(=O)Nc3ccnn3C3CCCC3)C[C@H]2N)c1. The largest absolute Gasteiger partial charge is 0.340 e. The molecule has 26 heavy (non-hydrogen) atoms. The summed E-state index contributed by atoms with van der Waals surface area (Å²) in [5.74, 6) is 0.957. The fraction of sp³-hybridized carbons (Fsp3) is 0.611. The van der Waals surface area contributed by atoms with Crippen molar-refractivity contribution in [2.45, 2.75) is 43.7 Å². The highest BCUT2D eigenvalue weighted by atomic mass is 16.2. The highest BCUT2D eigenvalue weighted by Crippen LogP contribution is 2.31. The lowest BCUT2D eigenvalue weighted by Gasteiger charge is -2.17. The number of aryl methyl sites for hydroxylation is 1. The van der Waals surface area contributed by atoms with Gasteiger partial charge in [0.2, 0.25) is 5.91 Å². The lowest BCUT2D eigenvalue weighted by atomic mass is 10.0. The van der Waals surface area contributed by atoms with Gasteiger partial charge in [-0.25, -0.2) is 9.67 Å². The van der Waals surface area contributed by atoms with Crippen molar-refractivity contribution in [1.29, 1.82) is 0 Å². The van der Waals surface area contributed by atoms with E-state index < -0.39 is 0 Å². The molecule has 1 amide bonds. The summed E-state index contributed by atoms with van der Waals surface area (Å²) >= 11 is 0. The van der Waals surface area contributed by atoms with Gasteiger partial charge < -0.3 is 15.6 Å². The second kappa shape index (κ2) is 7.20. The van der Waals surface area contributed by atoms with Gasteiger partial charge in [0.15, 0.2) is 0 Å². The molecule has 1 aliphatic carbocycles. The number of aromatic nitrogens is 4. The molecule has 2 atom stereocenters. The summed E-state index contributed by atoms with van der Waals surface area (Å²) in [5, 5.41) is 7.43. The van der Waals surface area contributed by atoms with Crippen LogP contribution in [0.25, 0.3) is 0 Å². The molecule has 1 saturated carbocycles. The van der Waals surface area contributed by atoms with Crippen molar-refractivity contribution in [3.63, 3.8) is 0 Å². The minimum Gasteiger partial charge on any atom is -0.340 e. The Labute approximate surface area is 153 Å². The summed E-state index contributed by atoms with van der Waals surface area (Å²) in [6.07, 6.45) is 10.3. The molecular weight excluding hydrogens is 330 g/mol. The van der Waals surface area contributed by atoms with E-state index in [2.05, 4.69) is 20.3 Å². The van der Waals surface area contributed by atoms with E-state index in [4.69, 9.17) is 5.73 Å². The Morgan fingerprint density at radius 2 is 2.15 bits per heavy atom. The Hall–Kier alpha value is -2.19. The first-order valence-corrected chi connectivity index (χ1v) is 9.39. The van der Waals surface area contributed by atoms with Gasteiger partial charge >= 0.3 is 0 Å². The van der Waals surface area contributed by atoms with Gasteiger partial charge in [0.1, 0.15) is 5.82 Å². The molecule has 2 aromatic rings. The molecule has 2 aromatic heterocycles. The second-order valence-corrected chi connectivity index (χ2v) is 7.58. The molecule has 140 valence electrons. The summed E-state index contributed by atoms with van der Waals surface area (Å²) in [4.78, 5) is 19.1. The number of nitrogens with two attached hydrogens (primary N) is 1. The molecule has 0 spiro atoms. The van der Waals surface area contributed by atoms with Gasteiger partial charge in [-0.2, -0.15) is 5.10 Å². The highest BCUT2D eigenvalue weighted by Gasteiger charge is 2.33. The van der Waals surface area contributed by atoms with Crippen molar-refractivity contribution in [3.05, 3.63) is 30.5 Å². The van der Waals surface area contributed by atoms with Crippen LogP contribution in [0.2, 0.25) is 0 Å². The molecule has 3 N–H and O–H groups in total. The Morgan fingerprint density at radius 3 is 2.88 bits per heavy atom. The maximum atomic E-state index is 12.5. The van der Waals surface area contributed by atoms with Crippen molar-refractivity contribution in [2.24, 2.45) is 12.8 Å². The summed E-state index contributed by atoms with van der Waals surface area (Å²) in [6.45, 7) is 1.80. The van der Waals surface area contributed by atoms with Crippen molar-refractivity contribution in [2.75, 3.05) is 25.0 Å². The molecule has 3 heterocycles. The third kappa shape index (κ3) is 3.52. The zero-order valence-electron chi connectivity index (χ0n) is 15.2. The van der Waals surface area contributed by atoms with E-state index in [1.54, 1.807) is 12.5 Å². The third-order valence-corrected chi connectivity index (χ3v) is 5.52. The number of imidazole rings is 1. The first-order valence-electron chi connectivity index (χ1n) is 9.39. The van der Waals surface area contributed by atoms with E-state index in [9.17, 15) is 4.79 Å². The molecule has 1 saturated heterocycles. The van der Waals surface area contributed by atoms with Gasteiger partial charge in [0.05, 0.1) is 30.8 Å². The molecular formula is C18H27N7O. The maximum absolute atomic E-state index is 12.5. The molecule has 1 aliphatic heterocycles. The molecule has 4 rings (SSSR count). The van der Waals surface area contributed by atoms with E-state index in [-0.39, 0.29) is 17.9 Å². The number of nitrogens with zero attached hydrogens (tertiary/aromatic N) is 5. The van der Waals surface area contributed by atoms with Crippen molar-refractivity contribution in [3.8, 4) is 0 Å². The standard InChI is InChI=1S/C18H27N7O/c1-23-10-16(20-12-23)14-8-24(9-15(14)19)11-18(26)22-17-6-7-21-25(17)13-4-2-3-5-13/h6-7,10,12-15H,2-5,8-9,11,19H2,1H3,(H,22,26)/t14-,15-/m1/s1. The number of carbonyl (C=O) groups excluding carboxylic acids is 1. The number of nitrogens with one attached hydrogen (secondary N) is 1. The number of hydrogen-bond donors (Lipinski definition) is 2. The zero-order valence-corrected chi connectivity index (χ0v) is 15.2. The Balaban J connectivity index is 1.35. The van der Waals surface area contributed by atoms with Crippen molar-refractivity contribution < 1.29 is 4.79 Å². The predicted molar refractivity (Wildman–Crippen MR) is 98.7 cm³/mol. The molecule has 8 nitrogen and oxygen atoms in total. The van der Waals surface area contributed by atoms with E-state index in [0.29, 0.717) is 19.1 Å². The van der Waals surface area contributed by atoms with Crippen LogP contribution in [-0.2, 0) is 11.8 Å². The lowest BCUT2D eigenvalue weighted by molar-refractivity contribution is -0.117. The smallest absolute Gasteiger partial charge is 0.239 e. The highest BCUT2D eigenvalue weighted by molar-refractivity contribution is 5.91. The van der Waals surface area contributed by atoms with Crippen LogP contribution in [0.15, 0.2) is 24.8 Å². The van der Waals surface area contributed by atoms with E-state index in [1.807, 2.05) is 28.6 Å². The molecule has 8 heteroatoms. The fourth-order valence-electron chi connectivity index (χ4n) is 4.22. The van der Waals surface area contributed by atoms with Crippen molar-refractivity contribution >= 4 is 11.7 Å². The Kier molecular flexibility index (Phi) is 4.78. The summed E-state index contributed by atoms with van der Waals surface area (Å²) < 4.78 is 3.90. The molecule has 0 radical (unpaired) electrons. The van der Waals surface area contributed by atoms with Crippen LogP contribution in [0.5, 0.6) is 0 Å². The number of likely N-dealkylation sites (tertiary alicyclic amines) is 1. The molecule has 2 aliphatic rings. The number of amides is 1. The van der Waals surface area contributed by atoms with E-state index in [0.717, 1.165) is 30.9 Å². The topological polar surface area (TPSA) is 94.0 Å². The van der Waals surface area contributed by atoms with Crippen LogP contribution >= 0.6 is 0 Å². The maximum Gasteiger partial charge on any atom is 0.239 e. The number of carbonyl (C=O) groups is 1. The minimum absolute atomic E-state index is 0.00159. The Bertz CT molecular complexity index is 761. The normalized spacial score (nSPS) is 24.4. The summed E-state index contributed by atoms with van der Waals surface area (Å²) in [7, 11) is 1.95. The van der Waals surface area contributed by atoms with E-state index in [1.165, 1.54) is 12.8 Å². The van der Waals surface area contributed by atoms with Gasteiger partial charge in [-0.1, -0.05) is 12.8 Å². The fourth-order valence-corrected chi connectivity index (χ4v) is 4.22. The number of rotatable bonds is 5. The number of anilines is 1. The average Bonchev–Trinajstić information content (AvgIpc) is 3.35. The molecule has 0 aromatic carbocycles. The first kappa shape index (κ1) is 17.2. The van der Waals surface area contributed by atoms with Gasteiger partial charge in [-0.15, -0.1) is 0 Å². The van der Waals surface area contributed by atoms with Crippen LogP contribution in [0.3, 0.4) is 0 Å². The lowest BCUT2D eigenvalue weighted by Crippen LogP contribution is -2.34. The quantitative estimate of drug-likeness (QED) is 0.836. The summed E-state index contributed by atoms with van der Waals surface area (Å²) in [5.41, 5.74) is 7.29. The van der Waals surface area contributed by atoms with Crippen LogP contribution in [-0.4, -0.2) is 55.8 Å². The van der Waals surface area contributed by atoms with Gasteiger partial charge in [-0.05, 0) is 12.8 Å². The molecule has 2 fully saturated rings. The van der Waals surface area contributed by atoms with Crippen LogP contribution in [0.1, 0.15) is 43.3 Å². The monoisotopic (exact) mass is 357 g/mol. The second-order valence-electron chi connectivity index (χ2n) is 7.58. The first-order chi connectivity index (χ1) is 12.6. The van der Waals surface area contributed by atoms with E-state index >= 15 is 0 Å². The summed E-state index contributed by atoms with van der Waals surface area (Å²) in [6, 6.07) is 2.29. The third-order valence-electron chi connectivity index (χ3n) is 5.52. The molecule has 0 unspecified atom stereocenters. The molecule has 0 bridgehead atoms. The Morgan fingerprint density at radius 1 is 1.35 bits per heavy atom. The van der Waals surface area contributed by atoms with Crippen molar-refractivity contribution in [1.82, 2.24) is 24.2 Å². The number of hydrogen-bond acceptors (Lipinski definition) is 5. The zero-order chi connectivity index (χ0) is 18.1. The minimum atomic E-state index is -0.0152.